The Morgan fingerprint density at radius 3 is 2.36 bits per heavy atom. The SMILES string of the molecule is c1ccc(-c2noc(C3CCN(c4nc(-c5cccnc5)nc5ccccc45)CC3)n2)cc1. The van der Waals surface area contributed by atoms with Gasteiger partial charge in [0.25, 0.3) is 0 Å². The molecule has 0 spiro atoms. The van der Waals surface area contributed by atoms with Gasteiger partial charge in [0.15, 0.2) is 5.82 Å². The molecule has 2 aromatic carbocycles. The molecule has 0 saturated carbocycles. The lowest BCUT2D eigenvalue weighted by molar-refractivity contribution is 0.329. The first-order valence-electron chi connectivity index (χ1n) is 11.2. The zero-order valence-electron chi connectivity index (χ0n) is 18.0. The Morgan fingerprint density at radius 1 is 0.758 bits per heavy atom. The number of rotatable bonds is 4. The van der Waals surface area contributed by atoms with Crippen LogP contribution in [-0.2, 0) is 0 Å². The lowest BCUT2D eigenvalue weighted by atomic mass is 9.96. The zero-order chi connectivity index (χ0) is 22.0. The highest BCUT2D eigenvalue weighted by molar-refractivity contribution is 5.91. The molecule has 0 N–H and O–H groups in total. The van der Waals surface area contributed by atoms with Crippen molar-refractivity contribution in [2.24, 2.45) is 0 Å². The number of benzene rings is 2. The molecule has 0 radical (unpaired) electrons. The Morgan fingerprint density at radius 2 is 1.55 bits per heavy atom. The molecule has 1 aliphatic heterocycles. The van der Waals surface area contributed by atoms with E-state index in [0.717, 1.165) is 59.7 Å². The minimum Gasteiger partial charge on any atom is -0.356 e. The van der Waals surface area contributed by atoms with Gasteiger partial charge in [-0.3, -0.25) is 4.98 Å². The molecule has 7 nitrogen and oxygen atoms in total. The predicted octanol–water partition coefficient (Wildman–Crippen LogP) is 5.13. The van der Waals surface area contributed by atoms with Gasteiger partial charge in [-0.1, -0.05) is 47.6 Å². The van der Waals surface area contributed by atoms with Gasteiger partial charge in [-0.25, -0.2) is 9.97 Å². The molecule has 7 heteroatoms. The lowest BCUT2D eigenvalue weighted by Gasteiger charge is -2.32. The van der Waals surface area contributed by atoms with Crippen LogP contribution in [-0.4, -0.2) is 38.2 Å². The second kappa shape index (κ2) is 8.43. The van der Waals surface area contributed by atoms with Crippen molar-refractivity contribution >= 4 is 16.7 Å². The fourth-order valence-corrected chi connectivity index (χ4v) is 4.37. The normalized spacial score (nSPS) is 14.6. The molecule has 0 amide bonds. The van der Waals surface area contributed by atoms with Crippen LogP contribution in [0.1, 0.15) is 24.7 Å². The number of hydrogen-bond acceptors (Lipinski definition) is 7. The van der Waals surface area contributed by atoms with Crippen molar-refractivity contribution in [3.63, 3.8) is 0 Å². The molecule has 1 aliphatic rings. The third-order valence-electron chi connectivity index (χ3n) is 6.12. The van der Waals surface area contributed by atoms with Gasteiger partial charge in [0, 0.05) is 47.9 Å². The van der Waals surface area contributed by atoms with E-state index in [-0.39, 0.29) is 5.92 Å². The van der Waals surface area contributed by atoms with E-state index < -0.39 is 0 Å². The first-order chi connectivity index (χ1) is 16.3. The van der Waals surface area contributed by atoms with E-state index in [1.165, 1.54) is 0 Å². The second-order valence-corrected chi connectivity index (χ2v) is 8.21. The first kappa shape index (κ1) is 19.5. The predicted molar refractivity (Wildman–Crippen MR) is 127 cm³/mol. The molecule has 0 bridgehead atoms. The molecular weight excluding hydrogens is 412 g/mol. The van der Waals surface area contributed by atoms with E-state index >= 15 is 0 Å². The van der Waals surface area contributed by atoms with Crippen LogP contribution in [0.4, 0.5) is 5.82 Å². The van der Waals surface area contributed by atoms with Crippen LogP contribution >= 0.6 is 0 Å². The van der Waals surface area contributed by atoms with E-state index in [2.05, 4.69) is 26.1 Å². The fourth-order valence-electron chi connectivity index (χ4n) is 4.37. The summed E-state index contributed by atoms with van der Waals surface area (Å²) < 4.78 is 5.63. The smallest absolute Gasteiger partial charge is 0.230 e. The minimum absolute atomic E-state index is 0.247. The molecule has 4 heterocycles. The van der Waals surface area contributed by atoms with Gasteiger partial charge in [-0.2, -0.15) is 4.98 Å². The first-order valence-corrected chi connectivity index (χ1v) is 11.2. The van der Waals surface area contributed by atoms with Crippen LogP contribution < -0.4 is 4.90 Å². The average molecular weight is 435 g/mol. The van der Waals surface area contributed by atoms with Gasteiger partial charge in [0.2, 0.25) is 11.7 Å². The standard InChI is InChI=1S/C26H22N6O/c1-2-7-18(8-3-1)24-30-26(33-31-24)19-12-15-32(16-13-19)25-21-10-4-5-11-22(21)28-23(29-25)20-9-6-14-27-17-20/h1-11,14,17,19H,12-13,15-16H2. The number of pyridine rings is 1. The monoisotopic (exact) mass is 434 g/mol. The summed E-state index contributed by atoms with van der Waals surface area (Å²) in [6.07, 6.45) is 5.42. The van der Waals surface area contributed by atoms with Crippen LogP contribution in [0.15, 0.2) is 83.6 Å². The summed E-state index contributed by atoms with van der Waals surface area (Å²) in [7, 11) is 0. The summed E-state index contributed by atoms with van der Waals surface area (Å²) in [5.41, 5.74) is 2.83. The quantitative estimate of drug-likeness (QED) is 0.388. The molecule has 1 fully saturated rings. The topological polar surface area (TPSA) is 80.8 Å². The molecule has 33 heavy (non-hydrogen) atoms. The largest absolute Gasteiger partial charge is 0.356 e. The van der Waals surface area contributed by atoms with Gasteiger partial charge in [0.1, 0.15) is 5.82 Å². The number of piperidine rings is 1. The number of anilines is 1. The Kier molecular flexibility index (Phi) is 4.99. The molecule has 1 saturated heterocycles. The second-order valence-electron chi connectivity index (χ2n) is 8.21. The highest BCUT2D eigenvalue weighted by Crippen LogP contribution is 2.33. The summed E-state index contributed by atoms with van der Waals surface area (Å²) in [5, 5.41) is 5.26. The average Bonchev–Trinajstić information content (AvgIpc) is 3.40. The lowest BCUT2D eigenvalue weighted by Crippen LogP contribution is -2.34. The minimum atomic E-state index is 0.247. The molecule has 6 rings (SSSR count). The number of aromatic nitrogens is 5. The molecule has 0 atom stereocenters. The Labute approximate surface area is 191 Å². The maximum Gasteiger partial charge on any atom is 0.230 e. The van der Waals surface area contributed by atoms with E-state index in [1.54, 1.807) is 12.4 Å². The third-order valence-corrected chi connectivity index (χ3v) is 6.12. The van der Waals surface area contributed by atoms with Crippen molar-refractivity contribution in [3.8, 4) is 22.8 Å². The van der Waals surface area contributed by atoms with Crippen molar-refractivity contribution < 1.29 is 4.52 Å². The fraction of sp³-hybridized carbons (Fsp3) is 0.192. The maximum absolute atomic E-state index is 5.63. The van der Waals surface area contributed by atoms with Crippen molar-refractivity contribution in [2.45, 2.75) is 18.8 Å². The number of fused-ring (bicyclic) bond motifs is 1. The van der Waals surface area contributed by atoms with E-state index in [9.17, 15) is 0 Å². The van der Waals surface area contributed by atoms with Gasteiger partial charge >= 0.3 is 0 Å². The Bertz CT molecular complexity index is 1380. The molecule has 0 unspecified atom stereocenters. The van der Waals surface area contributed by atoms with Crippen molar-refractivity contribution in [1.82, 2.24) is 25.1 Å². The van der Waals surface area contributed by atoms with Gasteiger partial charge in [-0.15, -0.1) is 0 Å². The van der Waals surface area contributed by atoms with Gasteiger partial charge in [0.05, 0.1) is 5.52 Å². The van der Waals surface area contributed by atoms with E-state index in [0.29, 0.717) is 11.6 Å². The summed E-state index contributed by atoms with van der Waals surface area (Å²) in [6, 6.07) is 22.0. The maximum atomic E-state index is 5.63. The van der Waals surface area contributed by atoms with E-state index in [1.807, 2.05) is 60.7 Å². The third kappa shape index (κ3) is 3.82. The molecule has 162 valence electrons. The molecule has 3 aromatic heterocycles. The highest BCUT2D eigenvalue weighted by Gasteiger charge is 2.27. The molecule has 0 aliphatic carbocycles. The van der Waals surface area contributed by atoms with Crippen molar-refractivity contribution in [1.29, 1.82) is 0 Å². The number of hydrogen-bond donors (Lipinski definition) is 0. The van der Waals surface area contributed by atoms with Crippen molar-refractivity contribution in [2.75, 3.05) is 18.0 Å². The van der Waals surface area contributed by atoms with Crippen LogP contribution in [0.5, 0.6) is 0 Å². The van der Waals surface area contributed by atoms with Gasteiger partial charge in [-0.05, 0) is 37.1 Å². The van der Waals surface area contributed by atoms with Crippen LogP contribution in [0.2, 0.25) is 0 Å². The Hall–Kier alpha value is -4.13. The molecule has 5 aromatic rings. The summed E-state index contributed by atoms with van der Waals surface area (Å²) in [4.78, 5) is 21.0. The number of nitrogens with zero attached hydrogens (tertiary/aromatic N) is 6. The van der Waals surface area contributed by atoms with E-state index in [4.69, 9.17) is 14.5 Å². The van der Waals surface area contributed by atoms with Crippen LogP contribution in [0.3, 0.4) is 0 Å². The highest BCUT2D eigenvalue weighted by atomic mass is 16.5. The van der Waals surface area contributed by atoms with Crippen LogP contribution in [0.25, 0.3) is 33.7 Å². The molecular formula is C26H22N6O. The van der Waals surface area contributed by atoms with Gasteiger partial charge < -0.3 is 9.42 Å². The summed E-state index contributed by atoms with van der Waals surface area (Å²) in [5.74, 6) is 3.28. The summed E-state index contributed by atoms with van der Waals surface area (Å²) >= 11 is 0. The van der Waals surface area contributed by atoms with Crippen molar-refractivity contribution in [3.05, 3.63) is 85.0 Å². The van der Waals surface area contributed by atoms with Crippen LogP contribution in [0, 0.1) is 0 Å². The zero-order valence-corrected chi connectivity index (χ0v) is 18.0. The Balaban J connectivity index is 1.26. The number of para-hydroxylation sites is 1. The summed E-state index contributed by atoms with van der Waals surface area (Å²) in [6.45, 7) is 1.72.